The molecule has 0 saturated heterocycles. The maximum absolute atomic E-state index is 12.6. The maximum Gasteiger partial charge on any atom is 0.240 e. The van der Waals surface area contributed by atoms with Gasteiger partial charge < -0.3 is 10.2 Å². The fraction of sp³-hybridized carbons (Fsp3) is 0.364. The van der Waals surface area contributed by atoms with Gasteiger partial charge >= 0.3 is 0 Å². The zero-order valence-electron chi connectivity index (χ0n) is 16.9. The summed E-state index contributed by atoms with van der Waals surface area (Å²) in [7, 11) is -3.73. The van der Waals surface area contributed by atoms with Gasteiger partial charge in [0.25, 0.3) is 0 Å². The van der Waals surface area contributed by atoms with Crippen LogP contribution in [0.25, 0.3) is 0 Å². The Labute approximate surface area is 190 Å². The van der Waals surface area contributed by atoms with Crippen LogP contribution in [0.15, 0.2) is 51.8 Å². The Hall–Kier alpha value is -2.23. The molecule has 1 fully saturated rings. The molecule has 2 N–H and O–H groups in total. The average Bonchev–Trinajstić information content (AvgIpc) is 3.51. The summed E-state index contributed by atoms with van der Waals surface area (Å²) in [6, 6.07) is 12.5. The predicted molar refractivity (Wildman–Crippen MR) is 121 cm³/mol. The van der Waals surface area contributed by atoms with Gasteiger partial charge in [0.2, 0.25) is 21.8 Å². The van der Waals surface area contributed by atoms with Gasteiger partial charge in [0, 0.05) is 42.1 Å². The molecule has 1 aliphatic carbocycles. The van der Waals surface area contributed by atoms with Crippen molar-refractivity contribution in [1.82, 2.24) is 10.0 Å². The molecule has 0 unspecified atom stereocenters. The van der Waals surface area contributed by atoms with E-state index < -0.39 is 10.0 Å². The number of fused-ring (bicyclic) bond motifs is 1. The third kappa shape index (κ3) is 5.34. The van der Waals surface area contributed by atoms with Gasteiger partial charge in [-0.15, -0.1) is 0 Å². The number of benzene rings is 2. The first kappa shape index (κ1) is 22.0. The molecule has 2 aromatic rings. The van der Waals surface area contributed by atoms with Crippen LogP contribution >= 0.6 is 15.9 Å². The largest absolute Gasteiger partial charge is 0.352 e. The van der Waals surface area contributed by atoms with Gasteiger partial charge in [0.15, 0.2) is 0 Å². The lowest BCUT2D eigenvalue weighted by molar-refractivity contribution is -0.121. The van der Waals surface area contributed by atoms with E-state index in [-0.39, 0.29) is 35.6 Å². The molecule has 4 rings (SSSR count). The number of rotatable bonds is 8. The predicted octanol–water partition coefficient (Wildman–Crippen LogP) is 2.73. The standard InChI is InChI=1S/C22H24BrN3O4S/c23-18-5-1-15(2-6-18)14-24-21(27)9-11-25-31(29,30)19-7-8-20-17(13-19)10-12-26(20)22(28)16-3-4-16/h1-2,5-8,13,16,25H,3-4,9-12,14H2,(H,24,27). The summed E-state index contributed by atoms with van der Waals surface area (Å²) in [6.45, 7) is 0.998. The molecule has 1 aliphatic heterocycles. The highest BCUT2D eigenvalue weighted by Gasteiger charge is 2.36. The van der Waals surface area contributed by atoms with Crippen LogP contribution in [-0.2, 0) is 32.6 Å². The molecule has 2 aliphatic rings. The zero-order chi connectivity index (χ0) is 22.0. The number of sulfonamides is 1. The molecule has 0 atom stereocenters. The lowest BCUT2D eigenvalue weighted by atomic mass is 10.2. The minimum absolute atomic E-state index is 0.0118. The van der Waals surface area contributed by atoms with Crippen molar-refractivity contribution in [3.8, 4) is 0 Å². The molecule has 2 aromatic carbocycles. The van der Waals surface area contributed by atoms with Crippen LogP contribution in [0.4, 0.5) is 5.69 Å². The van der Waals surface area contributed by atoms with E-state index in [1.165, 1.54) is 6.07 Å². The topological polar surface area (TPSA) is 95.6 Å². The number of hydrogen-bond donors (Lipinski definition) is 2. The summed E-state index contributed by atoms with van der Waals surface area (Å²) in [4.78, 5) is 26.3. The monoisotopic (exact) mass is 505 g/mol. The van der Waals surface area contributed by atoms with E-state index in [1.54, 1.807) is 17.0 Å². The minimum Gasteiger partial charge on any atom is -0.352 e. The van der Waals surface area contributed by atoms with Crippen molar-refractivity contribution in [2.24, 2.45) is 5.92 Å². The fourth-order valence-electron chi connectivity index (χ4n) is 3.60. The van der Waals surface area contributed by atoms with Crippen molar-refractivity contribution in [3.63, 3.8) is 0 Å². The van der Waals surface area contributed by atoms with Crippen molar-refractivity contribution >= 4 is 43.5 Å². The Morgan fingerprint density at radius 3 is 2.55 bits per heavy atom. The Bertz CT molecular complexity index is 1100. The molecule has 1 heterocycles. The van der Waals surface area contributed by atoms with Crippen molar-refractivity contribution in [2.45, 2.75) is 37.1 Å². The van der Waals surface area contributed by atoms with Gasteiger partial charge in [-0.25, -0.2) is 13.1 Å². The van der Waals surface area contributed by atoms with Crippen molar-refractivity contribution in [3.05, 3.63) is 58.1 Å². The van der Waals surface area contributed by atoms with Crippen LogP contribution in [0.5, 0.6) is 0 Å². The third-order valence-corrected chi connectivity index (χ3v) is 7.48. The zero-order valence-corrected chi connectivity index (χ0v) is 19.3. The normalized spacial score (nSPS) is 15.6. The Kier molecular flexibility index (Phi) is 6.45. The first-order valence-electron chi connectivity index (χ1n) is 10.3. The number of carbonyl (C=O) groups is 2. The van der Waals surface area contributed by atoms with Crippen molar-refractivity contribution in [1.29, 1.82) is 0 Å². The molecule has 0 bridgehead atoms. The van der Waals surface area contributed by atoms with Gasteiger partial charge in [-0.3, -0.25) is 9.59 Å². The number of amides is 2. The minimum atomic E-state index is -3.73. The summed E-state index contributed by atoms with van der Waals surface area (Å²) in [6.07, 6.45) is 2.58. The Morgan fingerprint density at radius 2 is 1.84 bits per heavy atom. The quantitative estimate of drug-likeness (QED) is 0.576. The molecule has 2 amide bonds. The van der Waals surface area contributed by atoms with Gasteiger partial charge in [-0.2, -0.15) is 0 Å². The second-order valence-corrected chi connectivity index (χ2v) is 10.5. The number of halogens is 1. The number of carbonyl (C=O) groups excluding carboxylic acids is 2. The molecule has 0 aromatic heterocycles. The molecular weight excluding hydrogens is 482 g/mol. The molecule has 0 spiro atoms. The molecule has 9 heteroatoms. The van der Waals surface area contributed by atoms with Gasteiger partial charge in [-0.05, 0) is 60.7 Å². The smallest absolute Gasteiger partial charge is 0.240 e. The second kappa shape index (κ2) is 9.10. The van der Waals surface area contributed by atoms with Gasteiger partial charge in [-0.1, -0.05) is 28.1 Å². The van der Waals surface area contributed by atoms with Crippen LogP contribution in [0.2, 0.25) is 0 Å². The summed E-state index contributed by atoms with van der Waals surface area (Å²) in [5.74, 6) is 0.0429. The average molecular weight is 506 g/mol. The van der Waals surface area contributed by atoms with E-state index in [1.807, 2.05) is 24.3 Å². The number of hydrogen-bond acceptors (Lipinski definition) is 4. The highest BCUT2D eigenvalue weighted by atomic mass is 79.9. The van der Waals surface area contributed by atoms with E-state index >= 15 is 0 Å². The molecule has 0 radical (unpaired) electrons. The first-order valence-corrected chi connectivity index (χ1v) is 12.6. The van der Waals surface area contributed by atoms with Crippen molar-refractivity contribution in [2.75, 3.05) is 18.0 Å². The Morgan fingerprint density at radius 1 is 1.10 bits per heavy atom. The van der Waals surface area contributed by atoms with Gasteiger partial charge in [0.05, 0.1) is 4.90 Å². The number of nitrogens with zero attached hydrogens (tertiary/aromatic N) is 1. The highest BCUT2D eigenvalue weighted by molar-refractivity contribution is 9.10. The van der Waals surface area contributed by atoms with Crippen LogP contribution in [0.3, 0.4) is 0 Å². The SMILES string of the molecule is O=C(CCNS(=O)(=O)c1ccc2c(c1)CCN2C(=O)C1CC1)NCc1ccc(Br)cc1. The summed E-state index contributed by atoms with van der Waals surface area (Å²) >= 11 is 3.36. The molecule has 31 heavy (non-hydrogen) atoms. The summed E-state index contributed by atoms with van der Waals surface area (Å²) in [5.41, 5.74) is 2.64. The maximum atomic E-state index is 12.6. The van der Waals surface area contributed by atoms with Crippen LogP contribution in [-0.4, -0.2) is 33.3 Å². The Balaban J connectivity index is 1.29. The second-order valence-electron chi connectivity index (χ2n) is 7.86. The third-order valence-electron chi connectivity index (χ3n) is 5.50. The molecule has 1 saturated carbocycles. The van der Waals surface area contributed by atoms with Crippen LogP contribution in [0.1, 0.15) is 30.4 Å². The molecule has 164 valence electrons. The van der Waals surface area contributed by atoms with E-state index in [0.717, 1.165) is 34.1 Å². The summed E-state index contributed by atoms with van der Waals surface area (Å²) < 4.78 is 28.7. The van der Waals surface area contributed by atoms with Crippen LogP contribution in [0, 0.1) is 5.92 Å². The van der Waals surface area contributed by atoms with Crippen LogP contribution < -0.4 is 14.9 Å². The number of anilines is 1. The number of nitrogens with one attached hydrogen (secondary N) is 2. The van der Waals surface area contributed by atoms with Gasteiger partial charge in [0.1, 0.15) is 0 Å². The summed E-state index contributed by atoms with van der Waals surface area (Å²) in [5, 5.41) is 2.78. The molecule has 7 nitrogen and oxygen atoms in total. The lowest BCUT2D eigenvalue weighted by Gasteiger charge is -2.17. The van der Waals surface area contributed by atoms with E-state index in [2.05, 4.69) is 26.0 Å². The van der Waals surface area contributed by atoms with Crippen molar-refractivity contribution < 1.29 is 18.0 Å². The van der Waals surface area contributed by atoms with E-state index in [0.29, 0.717) is 19.5 Å². The van der Waals surface area contributed by atoms with E-state index in [9.17, 15) is 18.0 Å². The lowest BCUT2D eigenvalue weighted by Crippen LogP contribution is -2.31. The first-order chi connectivity index (χ1) is 14.8. The highest BCUT2D eigenvalue weighted by Crippen LogP contribution is 2.37. The fourth-order valence-corrected chi connectivity index (χ4v) is 4.94. The molecular formula is C22H24BrN3O4S. The van der Waals surface area contributed by atoms with E-state index in [4.69, 9.17) is 0 Å².